The van der Waals surface area contributed by atoms with Crippen LogP contribution < -0.4 is 10.2 Å². The highest BCUT2D eigenvalue weighted by molar-refractivity contribution is 7.10. The predicted molar refractivity (Wildman–Crippen MR) is 112 cm³/mol. The van der Waals surface area contributed by atoms with Crippen LogP contribution in [0.25, 0.3) is 0 Å². The van der Waals surface area contributed by atoms with Crippen molar-refractivity contribution in [3.05, 3.63) is 86.1 Å². The molecule has 3 aromatic rings. The Morgan fingerprint density at radius 3 is 2.61 bits per heavy atom. The fourth-order valence-corrected chi connectivity index (χ4v) is 3.12. The summed E-state index contributed by atoms with van der Waals surface area (Å²) in [6.45, 7) is 0. The molecule has 140 valence electrons. The summed E-state index contributed by atoms with van der Waals surface area (Å²) < 4.78 is 0. The van der Waals surface area contributed by atoms with E-state index in [0.717, 1.165) is 10.4 Å². The smallest absolute Gasteiger partial charge is 0.293 e. The number of nitrogens with zero attached hydrogens (tertiary/aromatic N) is 2. The number of hydrogen-bond acceptors (Lipinski definition) is 5. The van der Waals surface area contributed by atoms with E-state index in [1.165, 1.54) is 6.07 Å². The molecule has 0 saturated heterocycles. The first kappa shape index (κ1) is 19.1. The Kier molecular flexibility index (Phi) is 5.72. The number of anilines is 2. The van der Waals surface area contributed by atoms with E-state index < -0.39 is 10.8 Å². The maximum Gasteiger partial charge on any atom is 0.293 e. The van der Waals surface area contributed by atoms with Crippen molar-refractivity contribution in [2.24, 2.45) is 0 Å². The lowest BCUT2D eigenvalue weighted by Gasteiger charge is -2.13. The second-order valence-corrected chi connectivity index (χ2v) is 7.06. The lowest BCUT2D eigenvalue weighted by Crippen LogP contribution is -2.15. The van der Waals surface area contributed by atoms with Crippen LogP contribution in [-0.2, 0) is 0 Å². The molecule has 1 amide bonds. The average molecular weight is 391 g/mol. The number of rotatable bonds is 4. The Bertz CT molecular complexity index is 1080. The zero-order valence-corrected chi connectivity index (χ0v) is 16.1. The van der Waals surface area contributed by atoms with Crippen molar-refractivity contribution in [1.29, 1.82) is 0 Å². The number of thiophene rings is 1. The molecule has 7 heteroatoms. The molecular formula is C21H17N3O3S. The Labute approximate surface area is 166 Å². The number of amides is 1. The van der Waals surface area contributed by atoms with Crippen molar-refractivity contribution in [3.8, 4) is 11.8 Å². The van der Waals surface area contributed by atoms with Gasteiger partial charge >= 0.3 is 0 Å². The predicted octanol–water partition coefficient (Wildman–Crippen LogP) is 4.37. The maximum atomic E-state index is 12.5. The van der Waals surface area contributed by atoms with Crippen LogP contribution in [0.1, 0.15) is 20.8 Å². The Balaban J connectivity index is 1.81. The van der Waals surface area contributed by atoms with E-state index in [2.05, 4.69) is 17.2 Å². The molecular weight excluding hydrogens is 374 g/mol. The van der Waals surface area contributed by atoms with Gasteiger partial charge in [-0.15, -0.1) is 11.3 Å². The SMILES string of the molecule is CN(C)c1ccc(C(=O)Nc2cccc(C#Cc3cccs3)c2)cc1[N+](=O)[O-]. The molecule has 3 rings (SSSR count). The molecule has 0 aliphatic carbocycles. The van der Waals surface area contributed by atoms with E-state index in [1.54, 1.807) is 60.7 Å². The van der Waals surface area contributed by atoms with E-state index in [-0.39, 0.29) is 11.3 Å². The molecule has 1 heterocycles. The van der Waals surface area contributed by atoms with Gasteiger partial charge in [-0.05, 0) is 41.8 Å². The van der Waals surface area contributed by atoms with Crippen LogP contribution >= 0.6 is 11.3 Å². The molecule has 28 heavy (non-hydrogen) atoms. The lowest BCUT2D eigenvalue weighted by atomic mass is 10.1. The van der Waals surface area contributed by atoms with Crippen molar-refractivity contribution >= 4 is 34.3 Å². The van der Waals surface area contributed by atoms with Crippen molar-refractivity contribution < 1.29 is 9.72 Å². The summed E-state index contributed by atoms with van der Waals surface area (Å²) in [4.78, 5) is 26.0. The highest BCUT2D eigenvalue weighted by Crippen LogP contribution is 2.28. The number of carbonyl (C=O) groups excluding carboxylic acids is 1. The quantitative estimate of drug-likeness (QED) is 0.407. The van der Waals surface area contributed by atoms with E-state index in [0.29, 0.717) is 11.4 Å². The summed E-state index contributed by atoms with van der Waals surface area (Å²) in [7, 11) is 3.43. The van der Waals surface area contributed by atoms with Crippen LogP contribution in [0.4, 0.5) is 17.1 Å². The van der Waals surface area contributed by atoms with Gasteiger partial charge in [0, 0.05) is 37.0 Å². The first-order chi connectivity index (χ1) is 13.4. The van der Waals surface area contributed by atoms with Gasteiger partial charge in [0.05, 0.1) is 9.80 Å². The fourth-order valence-electron chi connectivity index (χ4n) is 2.55. The van der Waals surface area contributed by atoms with Gasteiger partial charge < -0.3 is 10.2 Å². The molecule has 2 aromatic carbocycles. The van der Waals surface area contributed by atoms with Gasteiger partial charge in [0.2, 0.25) is 0 Å². The molecule has 0 unspecified atom stereocenters. The molecule has 0 aliphatic rings. The van der Waals surface area contributed by atoms with Gasteiger partial charge in [-0.1, -0.05) is 24.0 Å². The normalized spacial score (nSPS) is 9.93. The molecule has 0 spiro atoms. The number of nitrogens with one attached hydrogen (secondary N) is 1. The largest absolute Gasteiger partial charge is 0.372 e. The van der Waals surface area contributed by atoms with Gasteiger partial charge in [-0.3, -0.25) is 14.9 Å². The summed E-state index contributed by atoms with van der Waals surface area (Å²) in [6.07, 6.45) is 0. The van der Waals surface area contributed by atoms with Crippen LogP contribution in [0, 0.1) is 22.0 Å². The third kappa shape index (κ3) is 4.55. The highest BCUT2D eigenvalue weighted by Gasteiger charge is 2.18. The Hall–Kier alpha value is -3.63. The minimum Gasteiger partial charge on any atom is -0.372 e. The summed E-state index contributed by atoms with van der Waals surface area (Å²) in [6, 6.07) is 15.5. The first-order valence-corrected chi connectivity index (χ1v) is 9.25. The zero-order valence-electron chi connectivity index (χ0n) is 15.3. The molecule has 0 bridgehead atoms. The minimum absolute atomic E-state index is 0.117. The van der Waals surface area contributed by atoms with Gasteiger partial charge in [0.15, 0.2) is 0 Å². The number of nitro groups is 1. The van der Waals surface area contributed by atoms with Crippen molar-refractivity contribution in [2.45, 2.75) is 0 Å². The van der Waals surface area contributed by atoms with Gasteiger partial charge in [0.25, 0.3) is 11.6 Å². The number of nitro benzene ring substituents is 1. The number of hydrogen-bond donors (Lipinski definition) is 1. The second kappa shape index (κ2) is 8.37. The van der Waals surface area contributed by atoms with Crippen LogP contribution in [-0.4, -0.2) is 24.9 Å². The topological polar surface area (TPSA) is 75.5 Å². The molecule has 0 aliphatic heterocycles. The van der Waals surface area contributed by atoms with E-state index in [4.69, 9.17) is 0 Å². The van der Waals surface area contributed by atoms with Crippen LogP contribution in [0.3, 0.4) is 0 Å². The molecule has 0 radical (unpaired) electrons. The summed E-state index contributed by atoms with van der Waals surface area (Å²) >= 11 is 1.56. The Morgan fingerprint density at radius 2 is 1.93 bits per heavy atom. The van der Waals surface area contributed by atoms with Gasteiger partial charge in [0.1, 0.15) is 5.69 Å². The van der Waals surface area contributed by atoms with E-state index in [1.807, 2.05) is 23.6 Å². The van der Waals surface area contributed by atoms with Crippen molar-refractivity contribution in [2.75, 3.05) is 24.3 Å². The van der Waals surface area contributed by atoms with Gasteiger partial charge in [-0.25, -0.2) is 0 Å². The lowest BCUT2D eigenvalue weighted by molar-refractivity contribution is -0.384. The summed E-state index contributed by atoms with van der Waals surface area (Å²) in [5, 5.41) is 16.0. The monoisotopic (exact) mass is 391 g/mol. The fraction of sp³-hybridized carbons (Fsp3) is 0.0952. The molecule has 0 saturated carbocycles. The molecule has 1 N–H and O–H groups in total. The van der Waals surface area contributed by atoms with Crippen LogP contribution in [0.2, 0.25) is 0 Å². The second-order valence-electron chi connectivity index (χ2n) is 6.12. The summed E-state index contributed by atoms with van der Waals surface area (Å²) in [5.74, 6) is 5.71. The number of benzene rings is 2. The third-order valence-corrected chi connectivity index (χ3v) is 4.67. The number of carbonyl (C=O) groups is 1. The molecule has 0 atom stereocenters. The first-order valence-electron chi connectivity index (χ1n) is 8.37. The standard InChI is InChI=1S/C21H17N3O3S/c1-23(2)19-11-9-16(14-20(19)24(26)27)21(25)22-17-6-3-5-15(13-17)8-10-18-7-4-12-28-18/h3-7,9,11-14H,1-2H3,(H,22,25). The minimum atomic E-state index is -0.493. The maximum absolute atomic E-state index is 12.5. The summed E-state index contributed by atoms with van der Waals surface area (Å²) in [5.41, 5.74) is 1.87. The highest BCUT2D eigenvalue weighted by atomic mass is 32.1. The van der Waals surface area contributed by atoms with E-state index >= 15 is 0 Å². The van der Waals surface area contributed by atoms with Crippen LogP contribution in [0.5, 0.6) is 0 Å². The third-order valence-electron chi connectivity index (χ3n) is 3.89. The zero-order chi connectivity index (χ0) is 20.1. The molecule has 1 aromatic heterocycles. The van der Waals surface area contributed by atoms with Gasteiger partial charge in [-0.2, -0.15) is 0 Å². The van der Waals surface area contributed by atoms with Crippen LogP contribution in [0.15, 0.2) is 60.0 Å². The van der Waals surface area contributed by atoms with E-state index in [9.17, 15) is 14.9 Å². The molecule has 6 nitrogen and oxygen atoms in total. The van der Waals surface area contributed by atoms with Crippen molar-refractivity contribution in [3.63, 3.8) is 0 Å². The Morgan fingerprint density at radius 1 is 1.11 bits per heavy atom. The molecule has 0 fully saturated rings. The van der Waals surface area contributed by atoms with Crippen molar-refractivity contribution in [1.82, 2.24) is 0 Å². The average Bonchev–Trinajstić information content (AvgIpc) is 3.19.